The van der Waals surface area contributed by atoms with E-state index in [2.05, 4.69) is 4.98 Å². The molecule has 2 aromatic heterocycles. The molecule has 0 radical (unpaired) electrons. The van der Waals surface area contributed by atoms with Gasteiger partial charge in [-0.25, -0.2) is 13.4 Å². The molecule has 0 unspecified atom stereocenters. The summed E-state index contributed by atoms with van der Waals surface area (Å²) < 4.78 is 25.6. The van der Waals surface area contributed by atoms with Crippen molar-refractivity contribution in [2.24, 2.45) is 0 Å². The topological polar surface area (TPSA) is 89.3 Å². The molecule has 10 heteroatoms. The van der Waals surface area contributed by atoms with Crippen LogP contribution in [0.15, 0.2) is 41.5 Å². The Morgan fingerprint density at radius 1 is 1.19 bits per heavy atom. The lowest BCUT2D eigenvalue weighted by atomic mass is 10.2. The van der Waals surface area contributed by atoms with Gasteiger partial charge in [0.1, 0.15) is 11.2 Å². The van der Waals surface area contributed by atoms with E-state index in [9.17, 15) is 18.0 Å². The highest BCUT2D eigenvalue weighted by molar-refractivity contribution is 7.91. The summed E-state index contributed by atoms with van der Waals surface area (Å²) in [5.41, 5.74) is 1.26. The molecule has 1 aromatic carbocycles. The van der Waals surface area contributed by atoms with Crippen LogP contribution < -0.4 is 5.56 Å². The molecule has 0 bridgehead atoms. The van der Waals surface area contributed by atoms with Gasteiger partial charge < -0.3 is 4.90 Å². The summed E-state index contributed by atoms with van der Waals surface area (Å²) in [5.74, 6) is -0.0940. The Labute approximate surface area is 188 Å². The van der Waals surface area contributed by atoms with Crippen LogP contribution in [0.25, 0.3) is 20.7 Å². The molecule has 1 saturated heterocycles. The van der Waals surface area contributed by atoms with Crippen molar-refractivity contribution in [2.45, 2.75) is 37.9 Å². The van der Waals surface area contributed by atoms with E-state index in [0.717, 1.165) is 23.3 Å². The zero-order valence-corrected chi connectivity index (χ0v) is 18.9. The van der Waals surface area contributed by atoms with Crippen molar-refractivity contribution in [1.82, 2.24) is 14.5 Å². The van der Waals surface area contributed by atoms with E-state index in [1.165, 1.54) is 22.2 Å². The largest absolute Gasteiger partial charge is 0.334 e. The van der Waals surface area contributed by atoms with Crippen LogP contribution in [-0.4, -0.2) is 52.4 Å². The van der Waals surface area contributed by atoms with Crippen LogP contribution in [-0.2, 0) is 21.2 Å². The Morgan fingerprint density at radius 2 is 1.94 bits per heavy atom. The molecule has 1 aliphatic carbocycles. The lowest BCUT2D eigenvalue weighted by Gasteiger charge is -2.28. The Bertz CT molecular complexity index is 1330. The number of hydrogen-bond acceptors (Lipinski definition) is 6. The number of carbonyl (C=O) groups excluding carboxylic acids is 1. The standard InChI is InChI=1S/C21H20ClN3O4S2/c22-14-3-1-13(2-4-14)18-9-17-20(30-18)21(27)24(12-23-17)10-19(26)25(15-5-6-15)16-7-8-31(28,29)11-16/h1-4,9,12,15-16H,5-8,10-11H2/t16-/m0/s1. The lowest BCUT2D eigenvalue weighted by molar-refractivity contribution is -0.134. The second kappa shape index (κ2) is 7.72. The van der Waals surface area contributed by atoms with Gasteiger partial charge in [0.25, 0.3) is 5.56 Å². The first-order valence-corrected chi connectivity index (χ1v) is 13.1. The molecule has 1 atom stereocenters. The smallest absolute Gasteiger partial charge is 0.271 e. The van der Waals surface area contributed by atoms with Gasteiger partial charge in [0.05, 0.1) is 23.3 Å². The van der Waals surface area contributed by atoms with Gasteiger partial charge >= 0.3 is 0 Å². The van der Waals surface area contributed by atoms with Gasteiger partial charge in [-0.1, -0.05) is 23.7 Å². The zero-order valence-electron chi connectivity index (χ0n) is 16.5. The predicted octanol–water partition coefficient (Wildman–Crippen LogP) is 2.96. The lowest BCUT2D eigenvalue weighted by Crippen LogP contribution is -2.45. The van der Waals surface area contributed by atoms with Gasteiger partial charge in [-0.05, 0) is 43.0 Å². The predicted molar refractivity (Wildman–Crippen MR) is 121 cm³/mol. The number of thiophene rings is 1. The summed E-state index contributed by atoms with van der Waals surface area (Å²) in [4.78, 5) is 33.1. The molecule has 162 valence electrons. The van der Waals surface area contributed by atoms with Gasteiger partial charge in [-0.15, -0.1) is 11.3 Å². The van der Waals surface area contributed by atoms with E-state index >= 15 is 0 Å². The number of hydrogen-bond donors (Lipinski definition) is 0. The molecular formula is C21H20ClN3O4S2. The highest BCUT2D eigenvalue weighted by Gasteiger charge is 2.42. The first kappa shape index (κ1) is 20.7. The van der Waals surface area contributed by atoms with Gasteiger partial charge in [0.2, 0.25) is 5.91 Å². The van der Waals surface area contributed by atoms with E-state index < -0.39 is 9.84 Å². The maximum absolute atomic E-state index is 13.1. The number of halogens is 1. The molecule has 1 amide bonds. The normalized spacial score (nSPS) is 20.2. The third kappa shape index (κ3) is 4.14. The molecule has 31 heavy (non-hydrogen) atoms. The minimum atomic E-state index is -3.10. The maximum Gasteiger partial charge on any atom is 0.271 e. The number of fused-ring (bicyclic) bond motifs is 1. The minimum Gasteiger partial charge on any atom is -0.334 e. The van der Waals surface area contributed by atoms with E-state index in [-0.39, 0.29) is 41.6 Å². The number of benzene rings is 1. The number of sulfone groups is 1. The van der Waals surface area contributed by atoms with Crippen LogP contribution in [0, 0.1) is 0 Å². The Balaban J connectivity index is 1.42. The van der Waals surface area contributed by atoms with Crippen LogP contribution >= 0.6 is 22.9 Å². The summed E-state index contributed by atoms with van der Waals surface area (Å²) in [5, 5.41) is 0.638. The molecular weight excluding hydrogens is 458 g/mol. The van der Waals surface area contributed by atoms with Crippen LogP contribution in [0.3, 0.4) is 0 Å². The molecule has 0 spiro atoms. The number of amides is 1. The van der Waals surface area contributed by atoms with Gasteiger partial charge in [0, 0.05) is 22.0 Å². The molecule has 1 saturated carbocycles. The summed E-state index contributed by atoms with van der Waals surface area (Å²) in [6, 6.07) is 9.00. The number of aromatic nitrogens is 2. The van der Waals surface area contributed by atoms with E-state index in [0.29, 0.717) is 21.7 Å². The van der Waals surface area contributed by atoms with Crippen LogP contribution in [0.4, 0.5) is 0 Å². The molecule has 2 aliphatic rings. The van der Waals surface area contributed by atoms with Crippen molar-refractivity contribution in [3.8, 4) is 10.4 Å². The third-order valence-corrected chi connectivity index (χ3v) is 8.93. The molecule has 0 N–H and O–H groups in total. The average molecular weight is 478 g/mol. The minimum absolute atomic E-state index is 0.0107. The summed E-state index contributed by atoms with van der Waals surface area (Å²) >= 11 is 7.29. The highest BCUT2D eigenvalue weighted by atomic mass is 35.5. The third-order valence-electron chi connectivity index (χ3n) is 5.77. The fourth-order valence-corrected chi connectivity index (χ4v) is 7.00. The Kier molecular flexibility index (Phi) is 5.15. The maximum atomic E-state index is 13.1. The zero-order chi connectivity index (χ0) is 21.8. The van der Waals surface area contributed by atoms with Crippen molar-refractivity contribution < 1.29 is 13.2 Å². The number of nitrogens with zero attached hydrogens (tertiary/aromatic N) is 3. The van der Waals surface area contributed by atoms with Gasteiger partial charge in [0.15, 0.2) is 9.84 Å². The van der Waals surface area contributed by atoms with E-state index in [1.807, 2.05) is 18.2 Å². The van der Waals surface area contributed by atoms with E-state index in [1.54, 1.807) is 17.0 Å². The first-order chi connectivity index (χ1) is 14.8. The fraction of sp³-hybridized carbons (Fsp3) is 0.381. The van der Waals surface area contributed by atoms with E-state index in [4.69, 9.17) is 11.6 Å². The van der Waals surface area contributed by atoms with Crippen LogP contribution in [0.5, 0.6) is 0 Å². The van der Waals surface area contributed by atoms with Crippen molar-refractivity contribution in [2.75, 3.05) is 11.5 Å². The number of carbonyl (C=O) groups is 1. The Morgan fingerprint density at radius 3 is 2.58 bits per heavy atom. The fourth-order valence-electron chi connectivity index (χ4n) is 4.09. The second-order valence-corrected chi connectivity index (χ2v) is 11.8. The summed E-state index contributed by atoms with van der Waals surface area (Å²) in [6.45, 7) is -0.136. The van der Waals surface area contributed by atoms with Crippen molar-refractivity contribution in [3.05, 3.63) is 52.0 Å². The van der Waals surface area contributed by atoms with Gasteiger partial charge in [-0.3, -0.25) is 14.2 Å². The molecule has 2 fully saturated rings. The van der Waals surface area contributed by atoms with Crippen molar-refractivity contribution >= 4 is 48.9 Å². The molecule has 3 heterocycles. The molecule has 3 aromatic rings. The summed E-state index contributed by atoms with van der Waals surface area (Å²) in [6.07, 6.45) is 3.62. The molecule has 7 nitrogen and oxygen atoms in total. The van der Waals surface area contributed by atoms with Crippen molar-refractivity contribution in [3.63, 3.8) is 0 Å². The first-order valence-electron chi connectivity index (χ1n) is 10.1. The number of rotatable bonds is 5. The van der Waals surface area contributed by atoms with Gasteiger partial charge in [-0.2, -0.15) is 0 Å². The van der Waals surface area contributed by atoms with Crippen LogP contribution in [0.2, 0.25) is 5.02 Å². The second-order valence-electron chi connectivity index (χ2n) is 8.10. The molecule has 1 aliphatic heterocycles. The summed E-state index contributed by atoms with van der Waals surface area (Å²) in [7, 11) is -3.10. The SMILES string of the molecule is O=C(Cn1cnc2cc(-c3ccc(Cl)cc3)sc2c1=O)N(C1CC1)[C@H]1CCS(=O)(=O)C1. The van der Waals surface area contributed by atoms with Crippen LogP contribution in [0.1, 0.15) is 19.3 Å². The highest BCUT2D eigenvalue weighted by Crippen LogP contribution is 2.33. The van der Waals surface area contributed by atoms with Crippen molar-refractivity contribution in [1.29, 1.82) is 0 Å². The average Bonchev–Trinajstić information content (AvgIpc) is 3.34. The monoisotopic (exact) mass is 477 g/mol. The quantitative estimate of drug-likeness (QED) is 0.563. The molecule has 5 rings (SSSR count). The Hall–Kier alpha value is -2.23.